The van der Waals surface area contributed by atoms with Gasteiger partial charge in [0.15, 0.2) is 0 Å². The summed E-state index contributed by atoms with van der Waals surface area (Å²) < 4.78 is 0. The normalized spacial score (nSPS) is 11.3. The lowest BCUT2D eigenvalue weighted by atomic mass is 9.90. The molecule has 21 heavy (non-hydrogen) atoms. The molecule has 0 fully saturated rings. The maximum Gasteiger partial charge on any atom is 0.332 e. The number of aryl methyl sites for hydroxylation is 1. The van der Waals surface area contributed by atoms with E-state index in [2.05, 4.69) is 41.4 Å². The largest absolute Gasteiger partial charge is 0.364 e. The second-order valence-electron chi connectivity index (χ2n) is 5.89. The van der Waals surface area contributed by atoms with Crippen LogP contribution in [0.25, 0.3) is 0 Å². The predicted molar refractivity (Wildman–Crippen MR) is 84.8 cm³/mol. The minimum absolute atomic E-state index is 0.0454. The molecular formula is C14H25N5O2. The van der Waals surface area contributed by atoms with Crippen LogP contribution in [0.1, 0.15) is 46.2 Å². The zero-order valence-corrected chi connectivity index (χ0v) is 13.5. The molecule has 1 heterocycles. The van der Waals surface area contributed by atoms with Crippen LogP contribution in [0.15, 0.2) is 0 Å². The van der Waals surface area contributed by atoms with Crippen molar-refractivity contribution >= 4 is 17.5 Å². The first-order valence-corrected chi connectivity index (χ1v) is 7.31. The summed E-state index contributed by atoms with van der Waals surface area (Å²) in [6.45, 7) is 11.3. The van der Waals surface area contributed by atoms with Gasteiger partial charge in [0.25, 0.3) is 0 Å². The van der Waals surface area contributed by atoms with Crippen molar-refractivity contribution in [1.82, 2.24) is 9.97 Å². The molecule has 0 aliphatic rings. The molecule has 0 amide bonds. The van der Waals surface area contributed by atoms with E-state index < -0.39 is 4.92 Å². The molecule has 0 aromatic carbocycles. The van der Waals surface area contributed by atoms with Crippen molar-refractivity contribution in [2.24, 2.45) is 5.41 Å². The Morgan fingerprint density at radius 2 is 1.90 bits per heavy atom. The molecule has 1 aromatic rings. The summed E-state index contributed by atoms with van der Waals surface area (Å²) in [4.78, 5) is 19.2. The summed E-state index contributed by atoms with van der Waals surface area (Å²) in [6, 6.07) is 0. The fourth-order valence-electron chi connectivity index (χ4n) is 1.67. The Hall–Kier alpha value is -1.92. The van der Waals surface area contributed by atoms with Crippen LogP contribution in [0.2, 0.25) is 0 Å². The minimum Gasteiger partial charge on any atom is -0.364 e. The molecule has 0 atom stereocenters. The van der Waals surface area contributed by atoms with Gasteiger partial charge in [0, 0.05) is 13.1 Å². The summed E-state index contributed by atoms with van der Waals surface area (Å²) in [5.41, 5.74) is 0.360. The van der Waals surface area contributed by atoms with E-state index in [1.807, 2.05) is 6.92 Å². The SMILES string of the molecule is CCCNc1nc(C)c([N+](=O)[O-])c(NCC(C)(C)CC)n1. The zero-order valence-electron chi connectivity index (χ0n) is 13.5. The highest BCUT2D eigenvalue weighted by Gasteiger charge is 2.24. The molecule has 0 bridgehead atoms. The Labute approximate surface area is 125 Å². The van der Waals surface area contributed by atoms with Crippen LogP contribution < -0.4 is 10.6 Å². The number of anilines is 2. The summed E-state index contributed by atoms with van der Waals surface area (Å²) >= 11 is 0. The van der Waals surface area contributed by atoms with E-state index in [4.69, 9.17) is 0 Å². The predicted octanol–water partition coefficient (Wildman–Crippen LogP) is 3.36. The van der Waals surface area contributed by atoms with E-state index in [0.29, 0.717) is 18.2 Å². The van der Waals surface area contributed by atoms with Crippen molar-refractivity contribution in [3.05, 3.63) is 15.8 Å². The van der Waals surface area contributed by atoms with Crippen molar-refractivity contribution in [3.63, 3.8) is 0 Å². The smallest absolute Gasteiger partial charge is 0.332 e. The highest BCUT2D eigenvalue weighted by molar-refractivity contribution is 5.60. The lowest BCUT2D eigenvalue weighted by molar-refractivity contribution is -0.385. The summed E-state index contributed by atoms with van der Waals surface area (Å²) in [6.07, 6.45) is 1.91. The molecule has 118 valence electrons. The Morgan fingerprint density at radius 3 is 2.43 bits per heavy atom. The third-order valence-electron chi connectivity index (χ3n) is 3.47. The lowest BCUT2D eigenvalue weighted by Crippen LogP contribution is -2.23. The van der Waals surface area contributed by atoms with Gasteiger partial charge in [-0.15, -0.1) is 0 Å². The van der Waals surface area contributed by atoms with E-state index in [1.165, 1.54) is 0 Å². The number of nitrogens with zero attached hydrogens (tertiary/aromatic N) is 3. The molecule has 1 aromatic heterocycles. The number of aromatic nitrogens is 2. The molecule has 2 N–H and O–H groups in total. The summed E-state index contributed by atoms with van der Waals surface area (Å²) in [5.74, 6) is 0.712. The van der Waals surface area contributed by atoms with Crippen LogP contribution in [0.4, 0.5) is 17.5 Å². The standard InChI is InChI=1S/C14H25N5O2/c1-6-8-15-13-17-10(3)11(19(20)21)12(18-13)16-9-14(4,5)7-2/h6-9H2,1-5H3,(H2,15,16,17,18). The van der Waals surface area contributed by atoms with E-state index in [9.17, 15) is 10.1 Å². The van der Waals surface area contributed by atoms with Gasteiger partial charge in [-0.1, -0.05) is 27.7 Å². The van der Waals surface area contributed by atoms with E-state index in [1.54, 1.807) is 6.92 Å². The second-order valence-corrected chi connectivity index (χ2v) is 5.89. The minimum atomic E-state index is -0.430. The van der Waals surface area contributed by atoms with Gasteiger partial charge < -0.3 is 10.6 Å². The van der Waals surface area contributed by atoms with Crippen LogP contribution in [0, 0.1) is 22.5 Å². The third-order valence-corrected chi connectivity index (χ3v) is 3.47. The number of rotatable bonds is 8. The molecule has 0 saturated carbocycles. The summed E-state index contributed by atoms with van der Waals surface area (Å²) in [5, 5.41) is 17.4. The monoisotopic (exact) mass is 295 g/mol. The van der Waals surface area contributed by atoms with Crippen molar-refractivity contribution in [2.45, 2.75) is 47.5 Å². The average Bonchev–Trinajstić information content (AvgIpc) is 2.42. The van der Waals surface area contributed by atoms with Crippen LogP contribution in [-0.2, 0) is 0 Å². The van der Waals surface area contributed by atoms with Crippen molar-refractivity contribution in [2.75, 3.05) is 23.7 Å². The first-order chi connectivity index (χ1) is 9.80. The van der Waals surface area contributed by atoms with Gasteiger partial charge in [-0.3, -0.25) is 10.1 Å². The quantitative estimate of drug-likeness (QED) is 0.564. The molecule has 0 aliphatic heterocycles. The van der Waals surface area contributed by atoms with Gasteiger partial charge >= 0.3 is 5.69 Å². The van der Waals surface area contributed by atoms with E-state index >= 15 is 0 Å². The third kappa shape index (κ3) is 4.84. The zero-order chi connectivity index (χ0) is 16.0. The maximum absolute atomic E-state index is 11.2. The molecule has 7 nitrogen and oxygen atoms in total. The fourth-order valence-corrected chi connectivity index (χ4v) is 1.67. The van der Waals surface area contributed by atoms with Crippen molar-refractivity contribution in [3.8, 4) is 0 Å². The number of hydrogen-bond acceptors (Lipinski definition) is 6. The molecule has 0 spiro atoms. The molecule has 0 radical (unpaired) electrons. The molecule has 1 rings (SSSR count). The molecule has 7 heteroatoms. The van der Waals surface area contributed by atoms with Gasteiger partial charge in [0.05, 0.1) is 4.92 Å². The maximum atomic E-state index is 11.2. The second kappa shape index (κ2) is 7.19. The lowest BCUT2D eigenvalue weighted by Gasteiger charge is -2.23. The van der Waals surface area contributed by atoms with Crippen molar-refractivity contribution in [1.29, 1.82) is 0 Å². The fraction of sp³-hybridized carbons (Fsp3) is 0.714. The Balaban J connectivity index is 3.07. The first kappa shape index (κ1) is 17.1. The number of nitrogens with one attached hydrogen (secondary N) is 2. The van der Waals surface area contributed by atoms with Crippen LogP contribution in [0.3, 0.4) is 0 Å². The Morgan fingerprint density at radius 1 is 1.24 bits per heavy atom. The highest BCUT2D eigenvalue weighted by atomic mass is 16.6. The van der Waals surface area contributed by atoms with Gasteiger partial charge in [0.1, 0.15) is 5.69 Å². The van der Waals surface area contributed by atoms with Crippen LogP contribution in [-0.4, -0.2) is 28.0 Å². The molecule has 0 aliphatic carbocycles. The van der Waals surface area contributed by atoms with Gasteiger partial charge in [-0.2, -0.15) is 4.98 Å². The van der Waals surface area contributed by atoms with E-state index in [-0.39, 0.29) is 16.9 Å². The highest BCUT2D eigenvalue weighted by Crippen LogP contribution is 2.28. The van der Waals surface area contributed by atoms with Gasteiger partial charge in [0.2, 0.25) is 11.8 Å². The van der Waals surface area contributed by atoms with E-state index in [0.717, 1.165) is 19.4 Å². The molecular weight excluding hydrogens is 270 g/mol. The van der Waals surface area contributed by atoms with Gasteiger partial charge in [-0.25, -0.2) is 4.98 Å². The van der Waals surface area contributed by atoms with Crippen molar-refractivity contribution < 1.29 is 4.92 Å². The Kier molecular flexibility index (Phi) is 5.87. The Bertz CT molecular complexity index is 502. The first-order valence-electron chi connectivity index (χ1n) is 7.31. The van der Waals surface area contributed by atoms with Crippen LogP contribution >= 0.6 is 0 Å². The number of hydrogen-bond donors (Lipinski definition) is 2. The summed E-state index contributed by atoms with van der Waals surface area (Å²) in [7, 11) is 0. The topological polar surface area (TPSA) is 93.0 Å². The molecule has 0 saturated heterocycles. The van der Waals surface area contributed by atoms with Gasteiger partial charge in [-0.05, 0) is 25.2 Å². The number of nitro groups is 1. The van der Waals surface area contributed by atoms with Crippen LogP contribution in [0.5, 0.6) is 0 Å². The average molecular weight is 295 g/mol. The molecule has 0 unspecified atom stereocenters.